The van der Waals surface area contributed by atoms with Gasteiger partial charge in [-0.25, -0.2) is 4.98 Å². The van der Waals surface area contributed by atoms with Crippen LogP contribution in [-0.2, 0) is 6.61 Å². The largest absolute Gasteiger partial charge is 0.472 e. The number of amides is 1. The van der Waals surface area contributed by atoms with E-state index in [9.17, 15) is 9.59 Å². The van der Waals surface area contributed by atoms with Gasteiger partial charge in [-0.15, -0.1) is 6.42 Å². The van der Waals surface area contributed by atoms with Crippen LogP contribution in [0.1, 0.15) is 33.2 Å². The highest BCUT2D eigenvalue weighted by molar-refractivity contribution is 7.99. The van der Waals surface area contributed by atoms with Crippen LogP contribution in [0.3, 0.4) is 0 Å². The van der Waals surface area contributed by atoms with Crippen molar-refractivity contribution in [3.05, 3.63) is 71.4 Å². The van der Waals surface area contributed by atoms with Crippen molar-refractivity contribution in [1.82, 2.24) is 14.9 Å². The van der Waals surface area contributed by atoms with Crippen molar-refractivity contribution >= 4 is 29.9 Å². The topological polar surface area (TPSA) is 102 Å². The Morgan fingerprint density at radius 3 is 2.64 bits per heavy atom. The third kappa shape index (κ3) is 6.22. The van der Waals surface area contributed by atoms with Crippen LogP contribution in [0.5, 0.6) is 5.88 Å². The Morgan fingerprint density at radius 1 is 1.22 bits per heavy atom. The first-order valence-electron chi connectivity index (χ1n) is 11.5. The maximum absolute atomic E-state index is 11.4. The number of anilines is 1. The molecule has 0 spiro atoms. The summed E-state index contributed by atoms with van der Waals surface area (Å²) < 4.78 is 6.14. The number of rotatable bonds is 9. The molecule has 2 N–H and O–H groups in total. The molecule has 0 bridgehead atoms. The predicted molar refractivity (Wildman–Crippen MR) is 139 cm³/mol. The molecular formula is C27H27N5O3S. The van der Waals surface area contributed by atoms with Crippen LogP contribution in [0.2, 0.25) is 0 Å². The highest BCUT2D eigenvalue weighted by atomic mass is 32.2. The predicted octanol–water partition coefficient (Wildman–Crippen LogP) is 3.26. The molecule has 0 saturated carbocycles. The van der Waals surface area contributed by atoms with Crippen molar-refractivity contribution < 1.29 is 14.3 Å². The zero-order valence-electron chi connectivity index (χ0n) is 20.0. The fraction of sp³-hybridized carbons (Fsp3) is 0.259. The smallest absolute Gasteiger partial charge is 0.248 e. The van der Waals surface area contributed by atoms with Gasteiger partial charge in [0, 0.05) is 42.2 Å². The van der Waals surface area contributed by atoms with Gasteiger partial charge in [0.25, 0.3) is 0 Å². The van der Waals surface area contributed by atoms with E-state index in [2.05, 4.69) is 20.7 Å². The van der Waals surface area contributed by atoms with E-state index in [-0.39, 0.29) is 12.6 Å². The first-order valence-corrected chi connectivity index (χ1v) is 12.4. The molecule has 1 unspecified atom stereocenters. The number of benzene rings is 2. The van der Waals surface area contributed by atoms with Gasteiger partial charge in [0.15, 0.2) is 0 Å². The van der Waals surface area contributed by atoms with Crippen molar-refractivity contribution in [2.75, 3.05) is 31.1 Å². The van der Waals surface area contributed by atoms with E-state index < -0.39 is 5.91 Å². The molecule has 0 radical (unpaired) electrons. The molecule has 1 atom stereocenters. The number of carbonyl (C=O) groups excluding carboxylic acids is 2. The van der Waals surface area contributed by atoms with Crippen LogP contribution in [-0.4, -0.2) is 59.3 Å². The van der Waals surface area contributed by atoms with Crippen molar-refractivity contribution in [1.29, 1.82) is 0 Å². The highest BCUT2D eigenvalue weighted by Crippen LogP contribution is 2.35. The molecule has 3 aromatic rings. The first kappa shape index (κ1) is 25.2. The van der Waals surface area contributed by atoms with Gasteiger partial charge < -0.3 is 15.4 Å². The molecule has 1 fully saturated rings. The quantitative estimate of drug-likeness (QED) is 0.352. The van der Waals surface area contributed by atoms with Gasteiger partial charge in [0.2, 0.25) is 17.7 Å². The fourth-order valence-corrected chi connectivity index (χ4v) is 4.63. The number of hydrogen-bond acceptors (Lipinski definition) is 8. The number of piperazine rings is 1. The van der Waals surface area contributed by atoms with Crippen LogP contribution in [0.25, 0.3) is 0 Å². The lowest BCUT2D eigenvalue weighted by Gasteiger charge is -2.36. The average Bonchev–Trinajstić information content (AvgIpc) is 2.92. The zero-order valence-corrected chi connectivity index (χ0v) is 20.8. The molecule has 1 aliphatic heterocycles. The van der Waals surface area contributed by atoms with Crippen LogP contribution in [0, 0.1) is 12.3 Å². The highest BCUT2D eigenvalue weighted by Gasteiger charge is 2.23. The Kier molecular flexibility index (Phi) is 8.21. The molecule has 36 heavy (non-hydrogen) atoms. The van der Waals surface area contributed by atoms with Crippen molar-refractivity contribution in [3.63, 3.8) is 0 Å². The summed E-state index contributed by atoms with van der Waals surface area (Å²) in [7, 11) is 0. The third-order valence-corrected chi connectivity index (χ3v) is 6.93. The van der Waals surface area contributed by atoms with E-state index in [0.29, 0.717) is 23.0 Å². The summed E-state index contributed by atoms with van der Waals surface area (Å²) in [6.07, 6.45) is 8.14. The van der Waals surface area contributed by atoms with Crippen molar-refractivity contribution in [3.8, 4) is 18.2 Å². The summed E-state index contributed by atoms with van der Waals surface area (Å²) in [6.45, 7) is 5.44. The van der Waals surface area contributed by atoms with Crippen molar-refractivity contribution in [2.24, 2.45) is 5.73 Å². The molecule has 184 valence electrons. The number of aromatic nitrogens is 2. The van der Waals surface area contributed by atoms with Crippen LogP contribution in [0.15, 0.2) is 64.5 Å². The first-order chi connectivity index (χ1) is 17.5. The number of nitrogens with zero attached hydrogens (tertiary/aromatic N) is 4. The van der Waals surface area contributed by atoms with Gasteiger partial charge >= 0.3 is 0 Å². The number of ether oxygens (including phenoxy) is 1. The fourth-order valence-electron chi connectivity index (χ4n) is 3.81. The Bertz CT molecular complexity index is 1270. The molecule has 9 heteroatoms. The lowest BCUT2D eigenvalue weighted by molar-refractivity contribution is 0.0999. The lowest BCUT2D eigenvalue weighted by Crippen LogP contribution is -2.49. The Balaban J connectivity index is 1.56. The number of carbonyl (C=O) groups is 2. The van der Waals surface area contributed by atoms with Crippen LogP contribution in [0.4, 0.5) is 5.95 Å². The average molecular weight is 502 g/mol. The molecule has 1 aliphatic rings. The molecule has 8 nitrogen and oxygen atoms in total. The number of terminal acetylenes is 1. The van der Waals surface area contributed by atoms with E-state index in [4.69, 9.17) is 21.9 Å². The van der Waals surface area contributed by atoms with E-state index >= 15 is 0 Å². The van der Waals surface area contributed by atoms with E-state index in [0.717, 1.165) is 47.8 Å². The summed E-state index contributed by atoms with van der Waals surface area (Å²) in [5.41, 5.74) is 7.24. The second-order valence-electron chi connectivity index (χ2n) is 8.35. The summed E-state index contributed by atoms with van der Waals surface area (Å²) in [5, 5.41) is 0. The lowest BCUT2D eigenvalue weighted by atomic mass is 10.1. The van der Waals surface area contributed by atoms with Crippen molar-refractivity contribution in [2.45, 2.75) is 29.4 Å². The molecule has 2 aromatic carbocycles. The monoisotopic (exact) mass is 501 g/mol. The Labute approximate surface area is 214 Å². The summed E-state index contributed by atoms with van der Waals surface area (Å²) in [6, 6.07) is 14.4. The molecule has 0 aliphatic carbocycles. The standard InChI is InChI=1S/C27H27N5O3S/c1-3-19(2)31-11-13-32(14-12-31)27-29-16-24(36-23-9-7-22(8-10-23)25(28)34)26(30-27)35-18-21-6-4-5-20(15-21)17-33/h1,4-10,15-17,19H,11-14,18H2,2H3,(H2,28,34). The van der Waals surface area contributed by atoms with Crippen LogP contribution >= 0.6 is 11.8 Å². The van der Waals surface area contributed by atoms with Gasteiger partial charge in [-0.1, -0.05) is 35.9 Å². The minimum atomic E-state index is -0.474. The summed E-state index contributed by atoms with van der Waals surface area (Å²) in [5.74, 6) is 3.35. The third-order valence-electron chi connectivity index (χ3n) is 5.92. The van der Waals surface area contributed by atoms with Gasteiger partial charge in [0.05, 0.1) is 17.1 Å². The second-order valence-corrected chi connectivity index (χ2v) is 9.46. The molecule has 1 amide bonds. The van der Waals surface area contributed by atoms with E-state index in [1.165, 1.54) is 11.8 Å². The minimum Gasteiger partial charge on any atom is -0.472 e. The molecule has 4 rings (SSSR count). The maximum Gasteiger partial charge on any atom is 0.248 e. The molecule has 1 saturated heterocycles. The van der Waals surface area contributed by atoms with E-state index in [1.54, 1.807) is 30.5 Å². The number of hydrogen-bond donors (Lipinski definition) is 1. The van der Waals surface area contributed by atoms with Gasteiger partial charge in [-0.3, -0.25) is 14.5 Å². The normalized spacial score (nSPS) is 14.6. The summed E-state index contributed by atoms with van der Waals surface area (Å²) in [4.78, 5) is 37.9. The second kappa shape index (κ2) is 11.7. The Hall–Kier alpha value is -3.87. The number of nitrogens with two attached hydrogens (primary N) is 1. The SMILES string of the molecule is C#CC(C)N1CCN(c2ncc(Sc3ccc(C(N)=O)cc3)c(OCc3cccc(C=O)c3)n2)CC1. The van der Waals surface area contributed by atoms with E-state index in [1.807, 2.05) is 31.2 Å². The van der Waals surface area contributed by atoms with Crippen LogP contribution < -0.4 is 15.4 Å². The number of primary amides is 1. The number of aldehydes is 1. The maximum atomic E-state index is 11.4. The zero-order chi connectivity index (χ0) is 25.5. The minimum absolute atomic E-state index is 0.0915. The Morgan fingerprint density at radius 2 is 1.97 bits per heavy atom. The summed E-state index contributed by atoms with van der Waals surface area (Å²) >= 11 is 1.43. The molecular weight excluding hydrogens is 474 g/mol. The van der Waals surface area contributed by atoms with Gasteiger partial charge in [0.1, 0.15) is 12.9 Å². The van der Waals surface area contributed by atoms with Gasteiger partial charge in [-0.05, 0) is 42.8 Å². The van der Waals surface area contributed by atoms with Gasteiger partial charge in [-0.2, -0.15) is 4.98 Å². The molecule has 1 aromatic heterocycles. The molecule has 2 heterocycles.